The van der Waals surface area contributed by atoms with Crippen molar-refractivity contribution in [2.45, 2.75) is 69.1 Å². The summed E-state index contributed by atoms with van der Waals surface area (Å²) < 4.78 is 5.50. The molecule has 0 bridgehead atoms. The molecule has 2 N–H and O–H groups in total. The lowest BCUT2D eigenvalue weighted by molar-refractivity contribution is -0.126. The van der Waals surface area contributed by atoms with Crippen LogP contribution in [0.4, 0.5) is 5.82 Å². The molecule has 2 aromatic rings. The topological polar surface area (TPSA) is 99.9 Å². The number of fused-ring (bicyclic) bond motifs is 3. The number of aliphatic imine (C=N–C) groups is 1. The standard InChI is InChI=1S/C23H31N5O3S/c1-24-22(30)17(29)12-14-2-7-18-19(14)20-21(25-13-26-23(20)32-18)27-15-3-5-16(6-4-15)28-8-10-31-11-9-28/h13-17,29H,1-12H2,(H,25,26,27)/t14-,15?,16?,17+/m1/s1. The zero-order chi connectivity index (χ0) is 22.1. The molecule has 5 rings (SSSR count). The zero-order valence-corrected chi connectivity index (χ0v) is 19.1. The van der Waals surface area contributed by atoms with Crippen LogP contribution in [0.2, 0.25) is 0 Å². The number of morpholine rings is 1. The molecule has 172 valence electrons. The Morgan fingerprint density at radius 3 is 2.81 bits per heavy atom. The van der Waals surface area contributed by atoms with E-state index in [0.717, 1.165) is 68.0 Å². The highest BCUT2D eigenvalue weighted by molar-refractivity contribution is 7.19. The number of anilines is 1. The van der Waals surface area contributed by atoms with Crippen LogP contribution in [0.5, 0.6) is 0 Å². The van der Waals surface area contributed by atoms with E-state index in [1.54, 1.807) is 17.7 Å². The number of aliphatic hydroxyl groups excluding tert-OH is 1. The molecule has 2 fully saturated rings. The minimum atomic E-state index is -1.10. The third-order valence-electron chi connectivity index (χ3n) is 7.28. The minimum absolute atomic E-state index is 0.114. The van der Waals surface area contributed by atoms with Crippen LogP contribution >= 0.6 is 11.3 Å². The molecule has 0 spiro atoms. The van der Waals surface area contributed by atoms with Gasteiger partial charge in [0.05, 0.1) is 18.6 Å². The van der Waals surface area contributed by atoms with E-state index in [1.165, 1.54) is 23.3 Å². The van der Waals surface area contributed by atoms with Gasteiger partial charge in [-0.15, -0.1) is 11.3 Å². The Bertz CT molecular complexity index is 981. The average molecular weight is 458 g/mol. The highest BCUT2D eigenvalue weighted by atomic mass is 32.1. The molecule has 2 atom stereocenters. The summed E-state index contributed by atoms with van der Waals surface area (Å²) in [6, 6.07) is 1.06. The Labute approximate surface area is 192 Å². The summed E-state index contributed by atoms with van der Waals surface area (Å²) in [6.45, 7) is 7.06. The number of ether oxygens (including phenoxy) is 1. The Morgan fingerprint density at radius 2 is 2.06 bits per heavy atom. The molecule has 8 nitrogen and oxygen atoms in total. The number of aromatic nitrogens is 2. The molecular weight excluding hydrogens is 426 g/mol. The number of hydrogen-bond acceptors (Lipinski definition) is 8. The van der Waals surface area contributed by atoms with Crippen molar-refractivity contribution in [1.29, 1.82) is 0 Å². The minimum Gasteiger partial charge on any atom is -0.383 e. The van der Waals surface area contributed by atoms with Crippen molar-refractivity contribution >= 4 is 40.0 Å². The lowest BCUT2D eigenvalue weighted by Crippen LogP contribution is -2.46. The van der Waals surface area contributed by atoms with Gasteiger partial charge in [-0.1, -0.05) is 0 Å². The maximum absolute atomic E-state index is 11.8. The second-order valence-corrected chi connectivity index (χ2v) is 10.2. The molecule has 2 aromatic heterocycles. The van der Waals surface area contributed by atoms with E-state index >= 15 is 0 Å². The number of thiophene rings is 1. The maximum Gasteiger partial charge on any atom is 0.273 e. The van der Waals surface area contributed by atoms with Gasteiger partial charge >= 0.3 is 0 Å². The molecule has 0 radical (unpaired) electrons. The van der Waals surface area contributed by atoms with E-state index < -0.39 is 12.0 Å². The highest BCUT2D eigenvalue weighted by Crippen LogP contribution is 2.47. The number of rotatable bonds is 6. The average Bonchev–Trinajstić information content (AvgIpc) is 3.39. The Kier molecular flexibility index (Phi) is 6.50. The van der Waals surface area contributed by atoms with E-state index in [4.69, 9.17) is 4.74 Å². The quantitative estimate of drug-likeness (QED) is 0.644. The monoisotopic (exact) mass is 457 g/mol. The zero-order valence-electron chi connectivity index (χ0n) is 18.3. The SMILES string of the molecule is C=NC(=O)[C@@H](O)C[C@H]1CCc2sc3ncnc(NC4CCC(N5CCOCC5)CC4)c3c21. The molecular formula is C23H31N5O3S. The fourth-order valence-corrected chi connectivity index (χ4v) is 6.85. The largest absolute Gasteiger partial charge is 0.383 e. The van der Waals surface area contributed by atoms with Crippen LogP contribution in [-0.4, -0.2) is 77.1 Å². The number of hydrogen-bond donors (Lipinski definition) is 2. The Balaban J connectivity index is 1.31. The van der Waals surface area contributed by atoms with Crippen LogP contribution in [0, 0.1) is 0 Å². The number of amides is 1. The van der Waals surface area contributed by atoms with Crippen molar-refractivity contribution in [2.24, 2.45) is 4.99 Å². The molecule has 1 saturated carbocycles. The third-order valence-corrected chi connectivity index (χ3v) is 8.45. The molecule has 9 heteroatoms. The molecule has 2 aliphatic carbocycles. The molecule has 1 aliphatic heterocycles. The molecule has 1 saturated heterocycles. The Morgan fingerprint density at radius 1 is 1.28 bits per heavy atom. The number of carbonyl (C=O) groups is 1. The normalized spacial score (nSPS) is 27.2. The van der Waals surface area contributed by atoms with E-state index in [1.807, 2.05) is 0 Å². The summed E-state index contributed by atoms with van der Waals surface area (Å²) in [5.74, 6) is 0.463. The van der Waals surface area contributed by atoms with Gasteiger partial charge in [0.25, 0.3) is 5.91 Å². The van der Waals surface area contributed by atoms with Crippen molar-refractivity contribution in [3.63, 3.8) is 0 Å². The van der Waals surface area contributed by atoms with Gasteiger partial charge in [0, 0.05) is 30.1 Å². The van der Waals surface area contributed by atoms with Gasteiger partial charge in [0.15, 0.2) is 0 Å². The number of nitrogens with one attached hydrogen (secondary N) is 1. The van der Waals surface area contributed by atoms with Gasteiger partial charge in [-0.25, -0.2) is 15.0 Å². The van der Waals surface area contributed by atoms with Crippen LogP contribution < -0.4 is 5.32 Å². The van der Waals surface area contributed by atoms with E-state index in [0.29, 0.717) is 18.5 Å². The number of aliphatic hydroxyl groups is 1. The van der Waals surface area contributed by atoms with E-state index in [9.17, 15) is 9.90 Å². The number of carbonyl (C=O) groups excluding carboxylic acids is 1. The molecule has 32 heavy (non-hydrogen) atoms. The van der Waals surface area contributed by atoms with Crippen LogP contribution in [0.15, 0.2) is 11.3 Å². The molecule has 0 unspecified atom stereocenters. The van der Waals surface area contributed by atoms with Crippen LogP contribution in [0.1, 0.15) is 54.9 Å². The summed E-state index contributed by atoms with van der Waals surface area (Å²) in [5, 5.41) is 15.0. The van der Waals surface area contributed by atoms with Crippen molar-refractivity contribution in [3.05, 3.63) is 16.8 Å². The van der Waals surface area contributed by atoms with Gasteiger partial charge < -0.3 is 15.2 Å². The molecule has 0 aromatic carbocycles. The van der Waals surface area contributed by atoms with Gasteiger partial charge in [-0.2, -0.15) is 0 Å². The van der Waals surface area contributed by atoms with Crippen molar-refractivity contribution in [1.82, 2.24) is 14.9 Å². The summed E-state index contributed by atoms with van der Waals surface area (Å²) >= 11 is 1.71. The highest BCUT2D eigenvalue weighted by Gasteiger charge is 2.33. The third kappa shape index (κ3) is 4.31. The van der Waals surface area contributed by atoms with Gasteiger partial charge in [0.1, 0.15) is 23.1 Å². The van der Waals surface area contributed by atoms with Crippen LogP contribution in [0.25, 0.3) is 10.2 Å². The van der Waals surface area contributed by atoms with Crippen LogP contribution in [-0.2, 0) is 16.0 Å². The first-order valence-electron chi connectivity index (χ1n) is 11.7. The first kappa shape index (κ1) is 21.9. The van der Waals surface area contributed by atoms with E-state index in [-0.39, 0.29) is 5.92 Å². The molecule has 3 heterocycles. The number of nitrogens with zero attached hydrogens (tertiary/aromatic N) is 4. The van der Waals surface area contributed by atoms with Gasteiger partial charge in [-0.3, -0.25) is 9.69 Å². The van der Waals surface area contributed by atoms with Gasteiger partial charge in [-0.05, 0) is 63.1 Å². The second kappa shape index (κ2) is 9.51. The fraction of sp³-hybridized carbons (Fsp3) is 0.652. The Hall–Kier alpha value is -1.94. The first-order chi connectivity index (χ1) is 15.6. The summed E-state index contributed by atoms with van der Waals surface area (Å²) in [7, 11) is 0. The van der Waals surface area contributed by atoms with Crippen molar-refractivity contribution in [3.8, 4) is 0 Å². The molecule has 3 aliphatic rings. The lowest BCUT2D eigenvalue weighted by Gasteiger charge is -2.39. The smallest absolute Gasteiger partial charge is 0.273 e. The van der Waals surface area contributed by atoms with Crippen molar-refractivity contribution in [2.75, 3.05) is 31.6 Å². The fourth-order valence-electron chi connectivity index (χ4n) is 5.61. The predicted molar refractivity (Wildman–Crippen MR) is 126 cm³/mol. The van der Waals surface area contributed by atoms with Crippen LogP contribution in [0.3, 0.4) is 0 Å². The summed E-state index contributed by atoms with van der Waals surface area (Å²) in [4.78, 5) is 29.2. The maximum atomic E-state index is 11.8. The second-order valence-electron chi connectivity index (χ2n) is 9.12. The molecule has 1 amide bonds. The summed E-state index contributed by atoms with van der Waals surface area (Å²) in [6.07, 6.45) is 7.43. The predicted octanol–water partition coefficient (Wildman–Crippen LogP) is 2.75. The lowest BCUT2D eigenvalue weighted by atomic mass is 9.89. The van der Waals surface area contributed by atoms with Gasteiger partial charge in [0.2, 0.25) is 0 Å². The number of aryl methyl sites for hydroxylation is 1. The van der Waals surface area contributed by atoms with E-state index in [2.05, 4.69) is 31.9 Å². The van der Waals surface area contributed by atoms with Crippen molar-refractivity contribution < 1.29 is 14.6 Å². The summed E-state index contributed by atoms with van der Waals surface area (Å²) in [5.41, 5.74) is 1.21. The first-order valence-corrected chi connectivity index (χ1v) is 12.5.